The van der Waals surface area contributed by atoms with Gasteiger partial charge in [0.05, 0.1) is 12.3 Å². The summed E-state index contributed by atoms with van der Waals surface area (Å²) in [5.41, 5.74) is 1.27. The van der Waals surface area contributed by atoms with Crippen molar-refractivity contribution in [3.8, 4) is 5.75 Å². The minimum atomic E-state index is -0.156. The Labute approximate surface area is 124 Å². The number of nitrogens with one attached hydrogen (secondary N) is 1. The van der Waals surface area contributed by atoms with Crippen LogP contribution in [0.1, 0.15) is 17.3 Å². The molecule has 0 saturated heterocycles. The third-order valence-electron chi connectivity index (χ3n) is 2.86. The van der Waals surface area contributed by atoms with Gasteiger partial charge < -0.3 is 14.8 Å². The molecule has 4 heteroatoms. The fourth-order valence-corrected chi connectivity index (χ4v) is 1.83. The highest BCUT2D eigenvalue weighted by atomic mass is 16.5. The van der Waals surface area contributed by atoms with Crippen LogP contribution in [-0.2, 0) is 4.74 Å². The lowest BCUT2D eigenvalue weighted by atomic mass is 10.2. The van der Waals surface area contributed by atoms with E-state index in [1.54, 1.807) is 12.1 Å². The fourth-order valence-electron chi connectivity index (χ4n) is 1.83. The van der Waals surface area contributed by atoms with Crippen LogP contribution < -0.4 is 10.1 Å². The van der Waals surface area contributed by atoms with E-state index in [4.69, 9.17) is 9.47 Å². The molecule has 0 heterocycles. The molecule has 0 fully saturated rings. The fraction of sp³-hybridized carbons (Fsp3) is 0.235. The Morgan fingerprint density at radius 1 is 1.00 bits per heavy atom. The molecule has 110 valence electrons. The molecule has 0 atom stereocenters. The molecule has 0 aliphatic heterocycles. The van der Waals surface area contributed by atoms with Crippen LogP contribution in [-0.4, -0.2) is 25.7 Å². The number of anilines is 1. The number of rotatable bonds is 7. The molecule has 0 aromatic heterocycles. The zero-order chi connectivity index (χ0) is 14.9. The topological polar surface area (TPSA) is 47.6 Å². The van der Waals surface area contributed by atoms with Gasteiger partial charge in [-0.2, -0.15) is 0 Å². The van der Waals surface area contributed by atoms with E-state index in [2.05, 4.69) is 5.32 Å². The number of benzene rings is 2. The molecular weight excluding hydrogens is 266 g/mol. The van der Waals surface area contributed by atoms with Gasteiger partial charge in [0, 0.05) is 12.2 Å². The Morgan fingerprint density at radius 3 is 2.48 bits per heavy atom. The average molecular weight is 285 g/mol. The molecule has 1 N–H and O–H groups in total. The van der Waals surface area contributed by atoms with Gasteiger partial charge in [-0.25, -0.2) is 0 Å². The van der Waals surface area contributed by atoms with Crippen molar-refractivity contribution in [3.63, 3.8) is 0 Å². The molecule has 0 saturated carbocycles. The zero-order valence-electron chi connectivity index (χ0n) is 12.0. The second-order valence-corrected chi connectivity index (χ2v) is 4.36. The molecule has 2 aromatic carbocycles. The van der Waals surface area contributed by atoms with E-state index in [9.17, 15) is 4.79 Å². The summed E-state index contributed by atoms with van der Waals surface area (Å²) in [4.78, 5) is 12.2. The maximum Gasteiger partial charge on any atom is 0.255 e. The van der Waals surface area contributed by atoms with Crippen LogP contribution in [0, 0.1) is 0 Å². The van der Waals surface area contributed by atoms with Gasteiger partial charge in [-0.3, -0.25) is 4.79 Å². The number of para-hydroxylation sites is 2. The van der Waals surface area contributed by atoms with Crippen molar-refractivity contribution < 1.29 is 14.3 Å². The van der Waals surface area contributed by atoms with Gasteiger partial charge in [-0.05, 0) is 31.2 Å². The van der Waals surface area contributed by atoms with Crippen LogP contribution in [0.5, 0.6) is 5.75 Å². The maximum atomic E-state index is 12.2. The van der Waals surface area contributed by atoms with Crippen molar-refractivity contribution in [1.82, 2.24) is 0 Å². The van der Waals surface area contributed by atoms with E-state index in [1.165, 1.54) is 0 Å². The summed E-state index contributed by atoms with van der Waals surface area (Å²) in [6.45, 7) is 3.58. The summed E-state index contributed by atoms with van der Waals surface area (Å²) in [6, 6.07) is 16.5. The number of carbonyl (C=O) groups excluding carboxylic acids is 1. The van der Waals surface area contributed by atoms with Crippen molar-refractivity contribution >= 4 is 11.6 Å². The van der Waals surface area contributed by atoms with E-state index < -0.39 is 0 Å². The van der Waals surface area contributed by atoms with Gasteiger partial charge in [-0.15, -0.1) is 0 Å². The molecule has 21 heavy (non-hydrogen) atoms. The van der Waals surface area contributed by atoms with Gasteiger partial charge in [-0.1, -0.05) is 30.3 Å². The minimum absolute atomic E-state index is 0.156. The second-order valence-electron chi connectivity index (χ2n) is 4.36. The highest BCUT2D eigenvalue weighted by Gasteiger charge is 2.09. The van der Waals surface area contributed by atoms with E-state index in [0.29, 0.717) is 36.8 Å². The zero-order valence-corrected chi connectivity index (χ0v) is 12.0. The molecule has 0 aliphatic rings. The molecule has 0 spiro atoms. The molecule has 0 radical (unpaired) electrons. The van der Waals surface area contributed by atoms with Crippen molar-refractivity contribution in [3.05, 3.63) is 60.2 Å². The van der Waals surface area contributed by atoms with Crippen LogP contribution in [0.3, 0.4) is 0 Å². The highest BCUT2D eigenvalue weighted by molar-refractivity contribution is 6.04. The van der Waals surface area contributed by atoms with Gasteiger partial charge in [0.25, 0.3) is 5.91 Å². The lowest BCUT2D eigenvalue weighted by Crippen LogP contribution is -2.13. The number of hydrogen-bond donors (Lipinski definition) is 1. The summed E-state index contributed by atoms with van der Waals surface area (Å²) in [6.07, 6.45) is 0. The first-order valence-corrected chi connectivity index (χ1v) is 6.97. The molecule has 4 nitrogen and oxygen atoms in total. The average Bonchev–Trinajstić information content (AvgIpc) is 2.54. The van der Waals surface area contributed by atoms with Crippen LogP contribution in [0.25, 0.3) is 0 Å². The predicted molar refractivity (Wildman–Crippen MR) is 82.8 cm³/mol. The Hall–Kier alpha value is -2.33. The predicted octanol–water partition coefficient (Wildman–Crippen LogP) is 3.35. The first kappa shape index (κ1) is 15.1. The van der Waals surface area contributed by atoms with Gasteiger partial charge in [0.2, 0.25) is 0 Å². The lowest BCUT2D eigenvalue weighted by Gasteiger charge is -2.12. The lowest BCUT2D eigenvalue weighted by molar-refractivity contribution is 0.102. The quantitative estimate of drug-likeness (QED) is 0.794. The second kappa shape index (κ2) is 8.07. The van der Waals surface area contributed by atoms with E-state index in [0.717, 1.165) is 0 Å². The van der Waals surface area contributed by atoms with Crippen molar-refractivity contribution in [2.45, 2.75) is 6.92 Å². The largest absolute Gasteiger partial charge is 0.489 e. The van der Waals surface area contributed by atoms with Gasteiger partial charge in [0.15, 0.2) is 0 Å². The van der Waals surface area contributed by atoms with Crippen LogP contribution in [0.4, 0.5) is 5.69 Å². The summed E-state index contributed by atoms with van der Waals surface area (Å²) < 4.78 is 10.9. The van der Waals surface area contributed by atoms with Crippen molar-refractivity contribution in [2.75, 3.05) is 25.1 Å². The summed E-state index contributed by atoms with van der Waals surface area (Å²) in [5.74, 6) is 0.484. The Morgan fingerprint density at radius 2 is 1.71 bits per heavy atom. The molecule has 2 rings (SSSR count). The number of ether oxygens (including phenoxy) is 2. The third kappa shape index (κ3) is 4.61. The summed E-state index contributed by atoms with van der Waals surface area (Å²) >= 11 is 0. The maximum absolute atomic E-state index is 12.2. The van der Waals surface area contributed by atoms with Gasteiger partial charge in [0.1, 0.15) is 12.4 Å². The Kier molecular flexibility index (Phi) is 5.79. The van der Waals surface area contributed by atoms with Gasteiger partial charge >= 0.3 is 0 Å². The van der Waals surface area contributed by atoms with Crippen LogP contribution in [0.15, 0.2) is 54.6 Å². The normalized spacial score (nSPS) is 10.1. The van der Waals surface area contributed by atoms with Crippen molar-refractivity contribution in [1.29, 1.82) is 0 Å². The van der Waals surface area contributed by atoms with Crippen LogP contribution in [0.2, 0.25) is 0 Å². The highest BCUT2D eigenvalue weighted by Crippen LogP contribution is 2.24. The summed E-state index contributed by atoms with van der Waals surface area (Å²) in [7, 11) is 0. The SMILES string of the molecule is CCOCCOc1ccccc1NC(=O)c1ccccc1. The minimum Gasteiger partial charge on any atom is -0.489 e. The molecule has 0 aliphatic carbocycles. The number of hydrogen-bond acceptors (Lipinski definition) is 3. The summed E-state index contributed by atoms with van der Waals surface area (Å²) in [5, 5.41) is 2.86. The van der Waals surface area contributed by atoms with E-state index >= 15 is 0 Å². The molecule has 0 bridgehead atoms. The molecule has 1 amide bonds. The number of amides is 1. The monoisotopic (exact) mass is 285 g/mol. The Bertz CT molecular complexity index is 569. The van der Waals surface area contributed by atoms with Crippen molar-refractivity contribution in [2.24, 2.45) is 0 Å². The molecule has 0 unspecified atom stereocenters. The Balaban J connectivity index is 2.01. The van der Waals surface area contributed by atoms with Crippen LogP contribution >= 0.6 is 0 Å². The smallest absolute Gasteiger partial charge is 0.255 e. The number of carbonyl (C=O) groups is 1. The first-order chi connectivity index (χ1) is 10.3. The molecule has 2 aromatic rings. The first-order valence-electron chi connectivity index (χ1n) is 6.97. The standard InChI is InChI=1S/C17H19NO3/c1-2-20-12-13-21-16-11-7-6-10-15(16)18-17(19)14-8-4-3-5-9-14/h3-11H,2,12-13H2,1H3,(H,18,19). The third-order valence-corrected chi connectivity index (χ3v) is 2.86. The van der Waals surface area contributed by atoms with E-state index in [-0.39, 0.29) is 5.91 Å². The van der Waals surface area contributed by atoms with E-state index in [1.807, 2.05) is 49.4 Å². The molecular formula is C17H19NO3.